The van der Waals surface area contributed by atoms with Crippen molar-refractivity contribution in [3.05, 3.63) is 51.4 Å². The number of piperidine rings is 1. The number of nitrogens with one attached hydrogen (secondary N) is 2. The number of nitrogens with zero attached hydrogens (tertiary/aromatic N) is 4. The number of carbonyl (C=O) groups excluding carboxylic acids is 1. The SMILES string of the molecule is Cc1c(NCc2ccc(Cl)c(Cl)c2)ncnc1C(=O)N1CCC(N2CCC(NS(C)(=O)=O)C2)CC1. The zero-order chi connectivity index (χ0) is 25.2. The van der Waals surface area contributed by atoms with E-state index in [4.69, 9.17) is 23.2 Å². The number of hydrogen-bond acceptors (Lipinski definition) is 7. The van der Waals surface area contributed by atoms with Gasteiger partial charge in [0.15, 0.2) is 0 Å². The number of carbonyl (C=O) groups is 1. The highest BCUT2D eigenvalue weighted by Crippen LogP contribution is 2.25. The summed E-state index contributed by atoms with van der Waals surface area (Å²) in [6.07, 6.45) is 5.12. The summed E-state index contributed by atoms with van der Waals surface area (Å²) < 4.78 is 25.7. The van der Waals surface area contributed by atoms with E-state index in [0.717, 1.165) is 31.4 Å². The molecule has 2 fully saturated rings. The van der Waals surface area contributed by atoms with Crippen LogP contribution in [0.1, 0.15) is 40.9 Å². The number of aromatic nitrogens is 2. The number of hydrogen-bond donors (Lipinski definition) is 2. The molecule has 3 heterocycles. The first-order chi connectivity index (χ1) is 16.6. The molecule has 190 valence electrons. The molecule has 1 amide bonds. The molecular formula is C23H30Cl2N6O3S. The maximum atomic E-state index is 13.3. The Balaban J connectivity index is 1.33. The van der Waals surface area contributed by atoms with E-state index >= 15 is 0 Å². The van der Waals surface area contributed by atoms with E-state index < -0.39 is 10.0 Å². The second-order valence-corrected chi connectivity index (χ2v) is 11.8. The third-order valence-electron chi connectivity index (χ3n) is 6.60. The van der Waals surface area contributed by atoms with Crippen molar-refractivity contribution in [2.45, 2.75) is 44.8 Å². The van der Waals surface area contributed by atoms with Crippen LogP contribution in [0.25, 0.3) is 0 Å². The summed E-state index contributed by atoms with van der Waals surface area (Å²) in [6.45, 7) is 5.18. The average molecular weight is 542 g/mol. The number of likely N-dealkylation sites (tertiary alicyclic amines) is 2. The molecule has 0 saturated carbocycles. The Morgan fingerprint density at radius 2 is 1.86 bits per heavy atom. The second-order valence-electron chi connectivity index (χ2n) is 9.19. The molecule has 35 heavy (non-hydrogen) atoms. The highest BCUT2D eigenvalue weighted by atomic mass is 35.5. The Hall–Kier alpha value is -1.98. The lowest BCUT2D eigenvalue weighted by molar-refractivity contribution is 0.0636. The molecule has 2 aliphatic heterocycles. The number of anilines is 1. The van der Waals surface area contributed by atoms with Crippen LogP contribution in [-0.4, -0.2) is 78.6 Å². The Morgan fingerprint density at radius 1 is 1.11 bits per heavy atom. The Kier molecular flexibility index (Phi) is 8.17. The first-order valence-corrected chi connectivity index (χ1v) is 14.3. The Labute approximate surface area is 216 Å². The molecule has 1 atom stereocenters. The molecule has 0 spiro atoms. The average Bonchev–Trinajstić information content (AvgIpc) is 3.27. The summed E-state index contributed by atoms with van der Waals surface area (Å²) in [7, 11) is -3.20. The van der Waals surface area contributed by atoms with Gasteiger partial charge in [-0.3, -0.25) is 9.69 Å². The van der Waals surface area contributed by atoms with E-state index in [1.54, 1.807) is 12.1 Å². The lowest BCUT2D eigenvalue weighted by atomic mass is 10.0. The first-order valence-electron chi connectivity index (χ1n) is 11.6. The van der Waals surface area contributed by atoms with E-state index in [1.165, 1.54) is 12.6 Å². The molecule has 2 saturated heterocycles. The molecule has 1 aromatic heterocycles. The number of benzene rings is 1. The summed E-state index contributed by atoms with van der Waals surface area (Å²) in [6, 6.07) is 5.73. The van der Waals surface area contributed by atoms with Gasteiger partial charge in [0.1, 0.15) is 17.8 Å². The van der Waals surface area contributed by atoms with Crippen LogP contribution in [0, 0.1) is 6.92 Å². The van der Waals surface area contributed by atoms with Crippen LogP contribution in [0.15, 0.2) is 24.5 Å². The highest BCUT2D eigenvalue weighted by molar-refractivity contribution is 7.88. The van der Waals surface area contributed by atoms with Crippen LogP contribution >= 0.6 is 23.2 Å². The van der Waals surface area contributed by atoms with E-state index in [1.807, 2.05) is 17.9 Å². The predicted molar refractivity (Wildman–Crippen MR) is 137 cm³/mol. The largest absolute Gasteiger partial charge is 0.366 e. The van der Waals surface area contributed by atoms with Gasteiger partial charge in [-0.2, -0.15) is 0 Å². The number of sulfonamides is 1. The van der Waals surface area contributed by atoms with E-state index in [2.05, 4.69) is 24.9 Å². The molecule has 2 aliphatic rings. The number of halogens is 2. The maximum absolute atomic E-state index is 13.3. The van der Waals surface area contributed by atoms with Crippen LogP contribution < -0.4 is 10.0 Å². The van der Waals surface area contributed by atoms with Gasteiger partial charge in [-0.15, -0.1) is 0 Å². The van der Waals surface area contributed by atoms with Gasteiger partial charge in [0.05, 0.1) is 16.3 Å². The summed E-state index contributed by atoms with van der Waals surface area (Å²) in [5.74, 6) is 0.504. The summed E-state index contributed by atoms with van der Waals surface area (Å²) in [4.78, 5) is 26.0. The van der Waals surface area contributed by atoms with Crippen LogP contribution in [0.3, 0.4) is 0 Å². The molecule has 12 heteroatoms. The van der Waals surface area contributed by atoms with Crippen molar-refractivity contribution in [1.82, 2.24) is 24.5 Å². The van der Waals surface area contributed by atoms with Crippen LogP contribution in [-0.2, 0) is 16.6 Å². The van der Waals surface area contributed by atoms with Gasteiger partial charge in [0, 0.05) is 50.4 Å². The van der Waals surface area contributed by atoms with Crippen LogP contribution in [0.4, 0.5) is 5.82 Å². The van der Waals surface area contributed by atoms with Gasteiger partial charge in [-0.1, -0.05) is 29.3 Å². The minimum Gasteiger partial charge on any atom is -0.366 e. The third-order valence-corrected chi connectivity index (χ3v) is 8.10. The van der Waals surface area contributed by atoms with Gasteiger partial charge in [-0.25, -0.2) is 23.1 Å². The van der Waals surface area contributed by atoms with Gasteiger partial charge in [-0.05, 0) is 43.9 Å². The van der Waals surface area contributed by atoms with Crippen molar-refractivity contribution in [2.24, 2.45) is 0 Å². The molecule has 2 N–H and O–H groups in total. The zero-order valence-corrected chi connectivity index (χ0v) is 22.1. The molecular weight excluding hydrogens is 511 g/mol. The van der Waals surface area contributed by atoms with Crippen LogP contribution in [0.5, 0.6) is 0 Å². The molecule has 1 unspecified atom stereocenters. The van der Waals surface area contributed by atoms with E-state index in [9.17, 15) is 13.2 Å². The monoisotopic (exact) mass is 540 g/mol. The highest BCUT2D eigenvalue weighted by Gasteiger charge is 2.33. The molecule has 0 radical (unpaired) electrons. The van der Waals surface area contributed by atoms with E-state index in [-0.39, 0.29) is 11.9 Å². The van der Waals surface area contributed by atoms with Gasteiger partial charge >= 0.3 is 0 Å². The fraction of sp³-hybridized carbons (Fsp3) is 0.522. The topological polar surface area (TPSA) is 108 Å². The summed E-state index contributed by atoms with van der Waals surface area (Å²) in [5.41, 5.74) is 2.05. The standard InChI is InChI=1S/C23H30Cl2N6O3S/c1-15-21(27-14-28-22(15)26-12-16-3-4-19(24)20(25)11-16)23(32)30-9-6-18(7-10-30)31-8-5-17(13-31)29-35(2,33)34/h3-4,11,14,17-18,29H,5-10,12-13H2,1-2H3,(H,26,27,28). The summed E-state index contributed by atoms with van der Waals surface area (Å²) in [5, 5.41) is 4.25. The molecule has 0 aliphatic carbocycles. The molecule has 1 aromatic carbocycles. The fourth-order valence-corrected chi connectivity index (χ4v) is 5.90. The van der Waals surface area contributed by atoms with Gasteiger partial charge in [0.25, 0.3) is 5.91 Å². The molecule has 4 rings (SSSR count). The summed E-state index contributed by atoms with van der Waals surface area (Å²) >= 11 is 12.1. The van der Waals surface area contributed by atoms with Crippen molar-refractivity contribution >= 4 is 45.0 Å². The lowest BCUT2D eigenvalue weighted by Gasteiger charge is -2.36. The van der Waals surface area contributed by atoms with Crippen molar-refractivity contribution in [3.63, 3.8) is 0 Å². The van der Waals surface area contributed by atoms with Crippen molar-refractivity contribution < 1.29 is 13.2 Å². The fourth-order valence-electron chi connectivity index (χ4n) is 4.78. The Bertz CT molecular complexity index is 1190. The quantitative estimate of drug-likeness (QED) is 0.555. The normalized spacial score (nSPS) is 19.8. The molecule has 9 nitrogen and oxygen atoms in total. The zero-order valence-electron chi connectivity index (χ0n) is 19.8. The minimum absolute atomic E-state index is 0.0388. The third kappa shape index (κ3) is 6.62. The second kappa shape index (κ2) is 11.0. The maximum Gasteiger partial charge on any atom is 0.272 e. The smallest absolute Gasteiger partial charge is 0.272 e. The number of amides is 1. The first kappa shape index (κ1) is 26.1. The number of rotatable bonds is 7. The molecule has 2 aromatic rings. The van der Waals surface area contributed by atoms with Crippen molar-refractivity contribution in [2.75, 3.05) is 37.8 Å². The minimum atomic E-state index is -3.20. The predicted octanol–water partition coefficient (Wildman–Crippen LogP) is 2.93. The van der Waals surface area contributed by atoms with E-state index in [0.29, 0.717) is 59.3 Å². The molecule has 0 bridgehead atoms. The van der Waals surface area contributed by atoms with Crippen molar-refractivity contribution in [1.29, 1.82) is 0 Å². The van der Waals surface area contributed by atoms with Gasteiger partial charge in [0.2, 0.25) is 10.0 Å². The van der Waals surface area contributed by atoms with Gasteiger partial charge < -0.3 is 10.2 Å². The lowest BCUT2D eigenvalue weighted by Crippen LogP contribution is -2.47. The van der Waals surface area contributed by atoms with Crippen LogP contribution in [0.2, 0.25) is 10.0 Å². The van der Waals surface area contributed by atoms with Crippen molar-refractivity contribution in [3.8, 4) is 0 Å². The Morgan fingerprint density at radius 3 is 2.54 bits per heavy atom.